The molecule has 0 saturated heterocycles. The van der Waals surface area contributed by atoms with Crippen LogP contribution in [-0.4, -0.2) is 36.8 Å². The number of nitrogens with one attached hydrogen (secondary N) is 2. The Hall–Kier alpha value is -3.53. The molecule has 0 amide bonds. The van der Waals surface area contributed by atoms with Crippen molar-refractivity contribution in [1.29, 1.82) is 0 Å². The molecule has 0 radical (unpaired) electrons. The fourth-order valence-electron chi connectivity index (χ4n) is 3.23. The van der Waals surface area contributed by atoms with Gasteiger partial charge in [-0.2, -0.15) is 10.1 Å². The largest absolute Gasteiger partial charge is 0.589 e. The van der Waals surface area contributed by atoms with Crippen molar-refractivity contribution in [2.75, 3.05) is 12.4 Å². The van der Waals surface area contributed by atoms with E-state index in [0.29, 0.717) is 38.3 Å². The Labute approximate surface area is 184 Å². The van der Waals surface area contributed by atoms with Gasteiger partial charge in [0.25, 0.3) is 0 Å². The highest BCUT2D eigenvalue weighted by molar-refractivity contribution is 7.29. The SMILES string of the molecule is COc1cc(-c2n[nH]cc2-c2ccnc(Nc3ccc4nc[s+]([O-])c4c3)n2)ccc1Cl. The second-order valence-corrected chi connectivity index (χ2v) is 8.25. The van der Waals surface area contributed by atoms with E-state index in [1.54, 1.807) is 37.7 Å². The molecule has 0 saturated carbocycles. The van der Waals surface area contributed by atoms with Gasteiger partial charge in [-0.25, -0.2) is 9.97 Å². The topological polar surface area (TPSA) is 112 Å². The van der Waals surface area contributed by atoms with E-state index in [-0.39, 0.29) is 0 Å². The summed E-state index contributed by atoms with van der Waals surface area (Å²) in [5.74, 6) is 0.971. The summed E-state index contributed by atoms with van der Waals surface area (Å²) >= 11 is 6.15. The Kier molecular flexibility index (Phi) is 4.99. The Morgan fingerprint density at radius 2 is 2.03 bits per heavy atom. The summed E-state index contributed by atoms with van der Waals surface area (Å²) < 4.78 is 18.0. The highest BCUT2D eigenvalue weighted by Gasteiger charge is 2.15. The number of fused-ring (bicyclic) bond motifs is 1. The summed E-state index contributed by atoms with van der Waals surface area (Å²) in [4.78, 5) is 13.0. The van der Waals surface area contributed by atoms with E-state index in [2.05, 4.69) is 30.5 Å². The lowest BCUT2D eigenvalue weighted by Gasteiger charge is -2.08. The first kappa shape index (κ1) is 19.4. The summed E-state index contributed by atoms with van der Waals surface area (Å²) in [7, 11) is 0.341. The maximum Gasteiger partial charge on any atom is 0.229 e. The van der Waals surface area contributed by atoms with E-state index in [1.807, 2.05) is 24.3 Å². The maximum absolute atomic E-state index is 12.0. The zero-order valence-electron chi connectivity index (χ0n) is 16.2. The van der Waals surface area contributed by atoms with Gasteiger partial charge in [-0.05, 0) is 41.1 Å². The quantitative estimate of drug-likeness (QED) is 0.353. The predicted octanol–water partition coefficient (Wildman–Crippen LogP) is 5.22. The molecule has 0 spiro atoms. The Morgan fingerprint density at radius 3 is 2.90 bits per heavy atom. The van der Waals surface area contributed by atoms with Gasteiger partial charge in [0.15, 0.2) is 0 Å². The van der Waals surface area contributed by atoms with E-state index in [4.69, 9.17) is 16.3 Å². The van der Waals surface area contributed by atoms with Crippen LogP contribution in [0.15, 0.2) is 60.4 Å². The summed E-state index contributed by atoms with van der Waals surface area (Å²) in [5, 5.41) is 11.0. The van der Waals surface area contributed by atoms with Crippen molar-refractivity contribution in [1.82, 2.24) is 25.1 Å². The molecule has 5 rings (SSSR count). The highest BCUT2D eigenvalue weighted by Crippen LogP contribution is 2.34. The second kappa shape index (κ2) is 7.95. The number of methoxy groups -OCH3 is 1. The lowest BCUT2D eigenvalue weighted by Crippen LogP contribution is -1.98. The van der Waals surface area contributed by atoms with Gasteiger partial charge >= 0.3 is 0 Å². The van der Waals surface area contributed by atoms with Crippen LogP contribution in [0.3, 0.4) is 0 Å². The van der Waals surface area contributed by atoms with E-state index in [1.165, 1.54) is 5.51 Å². The van der Waals surface area contributed by atoms with Crippen LogP contribution in [-0.2, 0) is 0 Å². The van der Waals surface area contributed by atoms with Gasteiger partial charge in [0.2, 0.25) is 16.2 Å². The molecule has 1 unspecified atom stereocenters. The number of halogens is 1. The molecule has 31 heavy (non-hydrogen) atoms. The summed E-state index contributed by atoms with van der Waals surface area (Å²) in [5.41, 5.74) is 5.90. The minimum absolute atomic E-state index is 0.406. The molecule has 2 N–H and O–H groups in total. The minimum atomic E-state index is -1.23. The van der Waals surface area contributed by atoms with Crippen molar-refractivity contribution in [2.24, 2.45) is 0 Å². The molecule has 1 atom stereocenters. The molecule has 3 heterocycles. The van der Waals surface area contributed by atoms with Crippen molar-refractivity contribution in [3.05, 3.63) is 65.4 Å². The van der Waals surface area contributed by atoms with Crippen LogP contribution < -0.4 is 10.1 Å². The molecule has 2 aromatic carbocycles. The van der Waals surface area contributed by atoms with Gasteiger partial charge in [0.1, 0.15) is 17.0 Å². The molecular formula is C21H15ClN6O2S. The molecule has 3 aromatic heterocycles. The Morgan fingerprint density at radius 1 is 1.13 bits per heavy atom. The number of hydrogen-bond donors (Lipinski definition) is 2. The number of nitrogens with zero attached hydrogens (tertiary/aromatic N) is 4. The zero-order chi connectivity index (χ0) is 21.4. The fourth-order valence-corrected chi connectivity index (χ4v) is 4.32. The van der Waals surface area contributed by atoms with Gasteiger partial charge in [0, 0.05) is 35.3 Å². The third-order valence-electron chi connectivity index (χ3n) is 4.72. The molecular weight excluding hydrogens is 436 g/mol. The van der Waals surface area contributed by atoms with Crippen LogP contribution in [0.25, 0.3) is 32.7 Å². The standard InChI is InChI=1S/C21H15ClN6O2S/c1-30-18-8-12(2-4-15(18)22)20-14(10-25-28-20)16-6-7-23-21(27-16)26-13-3-5-17-19(9-13)31(29)11-24-17/h2-11H,1H3,(H,25,28)(H,23,26,27). The lowest BCUT2D eigenvalue weighted by molar-refractivity contribution is 0.415. The van der Waals surface area contributed by atoms with Gasteiger partial charge < -0.3 is 14.6 Å². The van der Waals surface area contributed by atoms with Gasteiger partial charge in [0.05, 0.1) is 17.8 Å². The molecule has 0 aliphatic heterocycles. The maximum atomic E-state index is 12.0. The molecule has 154 valence electrons. The fraction of sp³-hybridized carbons (Fsp3) is 0.0476. The number of thiazole rings is 1. The molecule has 0 aliphatic rings. The number of anilines is 2. The van der Waals surface area contributed by atoms with Crippen LogP contribution in [0.1, 0.15) is 0 Å². The number of H-pyrrole nitrogens is 1. The van der Waals surface area contributed by atoms with Crippen molar-refractivity contribution >= 4 is 44.2 Å². The van der Waals surface area contributed by atoms with Crippen LogP contribution in [0.4, 0.5) is 11.6 Å². The first-order chi connectivity index (χ1) is 15.1. The number of rotatable bonds is 5. The molecule has 10 heteroatoms. The normalized spacial score (nSPS) is 11.6. The third-order valence-corrected chi connectivity index (χ3v) is 6.09. The number of aromatic nitrogens is 5. The molecule has 0 bridgehead atoms. The van der Waals surface area contributed by atoms with Crippen molar-refractivity contribution in [3.63, 3.8) is 0 Å². The predicted molar refractivity (Wildman–Crippen MR) is 120 cm³/mol. The van der Waals surface area contributed by atoms with Crippen LogP contribution in [0.2, 0.25) is 5.02 Å². The number of hydrogen-bond acceptors (Lipinski definition) is 7. The second-order valence-electron chi connectivity index (χ2n) is 6.60. The van der Waals surface area contributed by atoms with E-state index in [9.17, 15) is 4.55 Å². The molecule has 0 aliphatic carbocycles. The van der Waals surface area contributed by atoms with Crippen molar-refractivity contribution in [2.45, 2.75) is 0 Å². The highest BCUT2D eigenvalue weighted by atomic mass is 35.5. The Balaban J connectivity index is 1.48. The first-order valence-electron chi connectivity index (χ1n) is 9.19. The number of aromatic amines is 1. The van der Waals surface area contributed by atoms with Crippen LogP contribution in [0.5, 0.6) is 5.75 Å². The molecule has 8 nitrogen and oxygen atoms in total. The first-order valence-corrected chi connectivity index (χ1v) is 10.8. The third kappa shape index (κ3) is 3.70. The van der Waals surface area contributed by atoms with Crippen molar-refractivity contribution in [3.8, 4) is 28.3 Å². The average Bonchev–Trinajstić information content (AvgIpc) is 3.42. The van der Waals surface area contributed by atoms with Crippen LogP contribution >= 0.6 is 22.4 Å². The summed E-state index contributed by atoms with van der Waals surface area (Å²) in [6.07, 6.45) is 3.44. The Bertz CT molecular complexity index is 1400. The number of ether oxygens (including phenoxy) is 1. The molecule has 0 fully saturated rings. The minimum Gasteiger partial charge on any atom is -0.589 e. The average molecular weight is 451 g/mol. The number of benzene rings is 2. The lowest BCUT2D eigenvalue weighted by atomic mass is 10.1. The van der Waals surface area contributed by atoms with E-state index < -0.39 is 10.8 Å². The monoisotopic (exact) mass is 450 g/mol. The van der Waals surface area contributed by atoms with E-state index in [0.717, 1.165) is 16.8 Å². The van der Waals surface area contributed by atoms with Crippen LogP contribution in [0, 0.1) is 0 Å². The van der Waals surface area contributed by atoms with E-state index >= 15 is 0 Å². The van der Waals surface area contributed by atoms with Gasteiger partial charge in [-0.1, -0.05) is 17.7 Å². The zero-order valence-corrected chi connectivity index (χ0v) is 17.7. The smallest absolute Gasteiger partial charge is 0.229 e. The summed E-state index contributed by atoms with van der Waals surface area (Å²) in [6, 6.07) is 12.7. The van der Waals surface area contributed by atoms with Gasteiger partial charge in [-0.15, -0.1) is 0 Å². The summed E-state index contributed by atoms with van der Waals surface area (Å²) in [6.45, 7) is 0. The van der Waals surface area contributed by atoms with Crippen molar-refractivity contribution < 1.29 is 9.29 Å². The van der Waals surface area contributed by atoms with Gasteiger partial charge in [-0.3, -0.25) is 5.10 Å². The molecule has 5 aromatic rings.